The van der Waals surface area contributed by atoms with Gasteiger partial charge >= 0.3 is 0 Å². The van der Waals surface area contributed by atoms with E-state index in [0.29, 0.717) is 34.9 Å². The molecule has 0 radical (unpaired) electrons. The van der Waals surface area contributed by atoms with Gasteiger partial charge in [-0.05, 0) is 94.0 Å². The van der Waals surface area contributed by atoms with Crippen LogP contribution < -0.4 is 9.80 Å². The highest BCUT2D eigenvalue weighted by atomic mass is 15.2. The van der Waals surface area contributed by atoms with Crippen LogP contribution >= 0.6 is 0 Å². The summed E-state index contributed by atoms with van der Waals surface area (Å²) in [6.07, 6.45) is 0. The first-order valence-corrected chi connectivity index (χ1v) is 27.2. The quantitative estimate of drug-likeness (QED) is 0.141. The Morgan fingerprint density at radius 2 is 0.438 bits per heavy atom. The number of nitrogens with zero attached hydrogens (tertiary/aromatic N) is 8. The van der Waals surface area contributed by atoms with Crippen molar-refractivity contribution in [3.05, 3.63) is 277 Å². The van der Waals surface area contributed by atoms with Gasteiger partial charge in [-0.1, -0.05) is 222 Å². The first-order chi connectivity index (χ1) is 39.2. The number of fused-ring (bicyclic) bond motifs is 4. The Morgan fingerprint density at radius 1 is 0.225 bits per heavy atom. The summed E-state index contributed by atoms with van der Waals surface area (Å²) in [4.78, 5) is 36.5. The van der Waals surface area contributed by atoms with Crippen LogP contribution in [0.2, 0.25) is 0 Å². The monoisotopic (exact) mass is 1030 g/mol. The van der Waals surface area contributed by atoms with E-state index in [2.05, 4.69) is 219 Å². The Labute approximate surface area is 466 Å². The van der Waals surface area contributed by atoms with Crippen LogP contribution in [-0.4, -0.2) is 29.9 Å². The average Bonchev–Trinajstić information content (AvgIpc) is 3.66. The molecule has 0 N–H and O–H groups in total. The lowest BCUT2D eigenvalue weighted by Gasteiger charge is -2.42. The number of hydrogen-bond acceptors (Lipinski definition) is 8. The molecule has 2 aromatic heterocycles. The summed E-state index contributed by atoms with van der Waals surface area (Å²) < 4.78 is 0. The van der Waals surface area contributed by atoms with E-state index in [0.717, 1.165) is 78.6 Å². The Bertz CT molecular complexity index is 3820. The van der Waals surface area contributed by atoms with Crippen molar-refractivity contribution in [2.45, 2.75) is 38.5 Å². The highest BCUT2D eigenvalue weighted by Gasteiger charge is 2.38. The lowest BCUT2D eigenvalue weighted by molar-refractivity contribution is 0.631. The van der Waals surface area contributed by atoms with Crippen molar-refractivity contribution in [3.8, 4) is 79.5 Å². The maximum absolute atomic E-state index is 5.35. The number of anilines is 6. The smallest absolute Gasteiger partial charge is 0.164 e. The molecule has 0 unspecified atom stereocenters. The van der Waals surface area contributed by atoms with Gasteiger partial charge in [-0.15, -0.1) is 0 Å². The van der Waals surface area contributed by atoms with Gasteiger partial charge in [0.1, 0.15) is 0 Å². The molecule has 0 atom stereocenters. The Kier molecular flexibility index (Phi) is 11.7. The molecule has 0 spiro atoms. The van der Waals surface area contributed by atoms with Gasteiger partial charge in [-0.3, -0.25) is 0 Å². The highest BCUT2D eigenvalue weighted by molar-refractivity contribution is 5.93. The minimum absolute atomic E-state index is 0.270. The predicted molar refractivity (Wildman–Crippen MR) is 325 cm³/mol. The summed E-state index contributed by atoms with van der Waals surface area (Å²) in [7, 11) is 0. The number of para-hydroxylation sites is 4. The highest BCUT2D eigenvalue weighted by Crippen LogP contribution is 2.55. The second-order valence-corrected chi connectivity index (χ2v) is 21.6. The topological polar surface area (TPSA) is 83.8 Å². The predicted octanol–water partition coefficient (Wildman–Crippen LogP) is 17.9. The summed E-state index contributed by atoms with van der Waals surface area (Å²) in [6, 6.07) is 89.4. The summed E-state index contributed by atoms with van der Waals surface area (Å²) in [5.41, 5.74) is 17.9. The van der Waals surface area contributed by atoms with Crippen molar-refractivity contribution in [2.24, 2.45) is 0 Å². The zero-order valence-electron chi connectivity index (χ0n) is 44.8. The van der Waals surface area contributed by atoms with Crippen molar-refractivity contribution in [1.29, 1.82) is 0 Å². The third-order valence-electron chi connectivity index (χ3n) is 15.9. The second kappa shape index (κ2) is 19.4. The van der Waals surface area contributed by atoms with Crippen molar-refractivity contribution in [2.75, 3.05) is 9.80 Å². The zero-order valence-corrected chi connectivity index (χ0v) is 44.8. The minimum Gasteiger partial charge on any atom is -0.310 e. The third-order valence-corrected chi connectivity index (χ3v) is 15.9. The fourth-order valence-corrected chi connectivity index (χ4v) is 11.8. The largest absolute Gasteiger partial charge is 0.310 e. The number of rotatable bonds is 9. The first-order valence-electron chi connectivity index (χ1n) is 27.2. The van der Waals surface area contributed by atoms with Gasteiger partial charge < -0.3 is 9.80 Å². The fraction of sp³-hybridized carbons (Fsp3) is 0.0833. The van der Waals surface area contributed by atoms with E-state index in [1.54, 1.807) is 0 Å². The molecule has 4 heterocycles. The van der Waals surface area contributed by atoms with Crippen LogP contribution in [0.15, 0.2) is 255 Å². The van der Waals surface area contributed by atoms with Crippen LogP contribution in [0.5, 0.6) is 0 Å². The van der Waals surface area contributed by atoms with Gasteiger partial charge in [0.15, 0.2) is 34.9 Å². The average molecular weight is 1030 g/mol. The van der Waals surface area contributed by atoms with Gasteiger partial charge in [0.2, 0.25) is 0 Å². The number of benzene rings is 10. The summed E-state index contributed by atoms with van der Waals surface area (Å²) in [5.74, 6) is 3.45. The molecule has 8 nitrogen and oxygen atoms in total. The standard InChI is InChI=1S/C72H54N8/c1-71(2)57-33-17-21-37-61(57)79(62-38-22-18-34-58(62)71)55-43-51(41-53(45-55)69-75-65(47-25-9-5-10-26-47)73-66(76-69)48-27-11-6-12-28-48)52-42-54(70-77-67(49-29-13-7-14-30-49)74-68(78-70)50-31-15-8-16-32-50)46-56(44-52)80-63-39-23-19-35-59(63)72(3,4)60-36-20-24-40-64(60)80/h5-46H,1-4H3. The number of aromatic nitrogens is 6. The molecule has 0 aliphatic carbocycles. The molecule has 14 rings (SSSR count). The minimum atomic E-state index is -0.270. The van der Waals surface area contributed by atoms with Crippen molar-refractivity contribution in [3.63, 3.8) is 0 Å². The molecule has 0 saturated heterocycles. The van der Waals surface area contributed by atoms with Crippen LogP contribution in [-0.2, 0) is 10.8 Å². The van der Waals surface area contributed by atoms with Crippen LogP contribution in [0.4, 0.5) is 34.1 Å². The molecular formula is C72H54N8. The van der Waals surface area contributed by atoms with E-state index >= 15 is 0 Å². The molecule has 0 bridgehead atoms. The molecule has 12 aromatic rings. The molecule has 0 saturated carbocycles. The summed E-state index contributed by atoms with van der Waals surface area (Å²) in [5, 5.41) is 0. The van der Waals surface area contributed by atoms with Crippen molar-refractivity contribution in [1.82, 2.24) is 29.9 Å². The van der Waals surface area contributed by atoms with Gasteiger partial charge in [0, 0.05) is 55.6 Å². The molecule has 80 heavy (non-hydrogen) atoms. The molecule has 0 amide bonds. The summed E-state index contributed by atoms with van der Waals surface area (Å²) >= 11 is 0. The molecule has 8 heteroatoms. The molecule has 0 fully saturated rings. The van der Waals surface area contributed by atoms with Gasteiger partial charge in [0.05, 0.1) is 22.7 Å². The van der Waals surface area contributed by atoms with Crippen LogP contribution in [0.3, 0.4) is 0 Å². The second-order valence-electron chi connectivity index (χ2n) is 21.6. The Balaban J connectivity index is 1.07. The van der Waals surface area contributed by atoms with Crippen LogP contribution in [0.25, 0.3) is 79.5 Å². The molecule has 2 aliphatic rings. The molecule has 10 aromatic carbocycles. The molecule has 2 aliphatic heterocycles. The lowest BCUT2D eigenvalue weighted by atomic mass is 9.73. The van der Waals surface area contributed by atoms with E-state index < -0.39 is 0 Å². The first kappa shape index (κ1) is 48.2. The van der Waals surface area contributed by atoms with E-state index in [-0.39, 0.29) is 10.8 Å². The lowest BCUT2D eigenvalue weighted by Crippen LogP contribution is -2.30. The normalized spacial score (nSPS) is 13.7. The van der Waals surface area contributed by atoms with E-state index in [4.69, 9.17) is 29.9 Å². The van der Waals surface area contributed by atoms with E-state index in [1.807, 2.05) is 72.8 Å². The zero-order chi connectivity index (χ0) is 54.0. The SMILES string of the molecule is CC1(C)c2ccccc2N(c2cc(-c3cc(-c4nc(-c5ccccc5)nc(-c5ccccc5)n4)cc(N4c5ccccc5C(C)(C)c5ccccc54)c3)cc(-c3nc(-c4ccccc4)nc(-c4ccccc4)n3)c2)c2ccccc21. The maximum atomic E-state index is 5.35. The molecule has 382 valence electrons. The molecular weight excluding hydrogens is 977 g/mol. The van der Waals surface area contributed by atoms with E-state index in [9.17, 15) is 0 Å². The maximum Gasteiger partial charge on any atom is 0.164 e. The van der Waals surface area contributed by atoms with Gasteiger partial charge in [0.25, 0.3) is 0 Å². The summed E-state index contributed by atoms with van der Waals surface area (Å²) in [6.45, 7) is 9.29. The van der Waals surface area contributed by atoms with Gasteiger partial charge in [-0.25, -0.2) is 29.9 Å². The van der Waals surface area contributed by atoms with Crippen LogP contribution in [0.1, 0.15) is 49.9 Å². The van der Waals surface area contributed by atoms with Crippen molar-refractivity contribution >= 4 is 34.1 Å². The third kappa shape index (κ3) is 8.40. The number of hydrogen-bond donors (Lipinski definition) is 0. The van der Waals surface area contributed by atoms with Crippen molar-refractivity contribution < 1.29 is 0 Å². The fourth-order valence-electron chi connectivity index (χ4n) is 11.8. The van der Waals surface area contributed by atoms with Gasteiger partial charge in [-0.2, -0.15) is 0 Å². The Morgan fingerprint density at radius 3 is 0.700 bits per heavy atom. The van der Waals surface area contributed by atoms with E-state index in [1.165, 1.54) is 22.3 Å². The van der Waals surface area contributed by atoms with Crippen LogP contribution in [0, 0.1) is 0 Å². The Hall–Kier alpha value is -10.2.